The van der Waals surface area contributed by atoms with Gasteiger partial charge in [0.25, 0.3) is 0 Å². The van der Waals surface area contributed by atoms with Gasteiger partial charge in [-0.2, -0.15) is 5.10 Å². The standard InChI is InChI=1S/C33H37ClN6O4/c1-21-11-25(34)13-29(28(21)14-27-19-38(15-22(2)44-27)16-23-5-7-26(43-4)8-6-23)32-30-12-24(18-40(30)36-20-35-32)17-39-31(41)9-10-37(3)33(39)42/h5-8,11-13,18,20,22,27H,9-10,14-17,19H2,1-4H3/t22-,27?/m0/s1. The number of aromatic nitrogens is 3. The van der Waals surface area contributed by atoms with E-state index in [1.807, 2.05) is 36.5 Å². The summed E-state index contributed by atoms with van der Waals surface area (Å²) in [6.07, 6.45) is 4.42. The van der Waals surface area contributed by atoms with E-state index in [0.29, 0.717) is 24.4 Å². The summed E-state index contributed by atoms with van der Waals surface area (Å²) in [4.78, 5) is 35.2. The van der Waals surface area contributed by atoms with Gasteiger partial charge in [-0.05, 0) is 66.4 Å². The summed E-state index contributed by atoms with van der Waals surface area (Å²) in [6.45, 7) is 7.26. The summed E-state index contributed by atoms with van der Waals surface area (Å²) in [7, 11) is 3.39. The van der Waals surface area contributed by atoms with Crippen LogP contribution in [0.1, 0.15) is 35.6 Å². The molecule has 2 aromatic heterocycles. The maximum absolute atomic E-state index is 12.7. The van der Waals surface area contributed by atoms with Crippen LogP contribution >= 0.6 is 11.6 Å². The van der Waals surface area contributed by atoms with Crippen LogP contribution in [0.4, 0.5) is 4.79 Å². The van der Waals surface area contributed by atoms with E-state index in [1.54, 1.807) is 23.6 Å². The van der Waals surface area contributed by atoms with E-state index >= 15 is 0 Å². The van der Waals surface area contributed by atoms with Gasteiger partial charge < -0.3 is 14.4 Å². The zero-order chi connectivity index (χ0) is 31.0. The number of amides is 3. The van der Waals surface area contributed by atoms with Crippen LogP contribution in [0.25, 0.3) is 16.8 Å². The quantitative estimate of drug-likeness (QED) is 0.276. The number of benzene rings is 2. The van der Waals surface area contributed by atoms with Gasteiger partial charge in [-0.25, -0.2) is 14.3 Å². The third-order valence-corrected chi connectivity index (χ3v) is 8.63. The Hall–Kier alpha value is -3.99. The average molecular weight is 617 g/mol. The first-order valence-corrected chi connectivity index (χ1v) is 15.2. The molecular formula is C33H37ClN6O4. The van der Waals surface area contributed by atoms with E-state index in [2.05, 4.69) is 36.0 Å². The molecule has 0 aliphatic carbocycles. The fourth-order valence-corrected chi connectivity index (χ4v) is 6.55. The van der Waals surface area contributed by atoms with Crippen molar-refractivity contribution in [2.75, 3.05) is 33.8 Å². The SMILES string of the molecule is COc1ccc(CN2CC(Cc3c(C)cc(Cl)cc3-c3ncnn4cc(CN5C(=O)CCN(C)C5=O)cc34)O[C@@H](C)C2)cc1. The van der Waals surface area contributed by atoms with Crippen LogP contribution in [-0.2, 0) is 29.0 Å². The Morgan fingerprint density at radius 2 is 1.86 bits per heavy atom. The Labute approximate surface area is 262 Å². The number of morpholine rings is 1. The molecule has 0 N–H and O–H groups in total. The van der Waals surface area contributed by atoms with Crippen molar-refractivity contribution in [2.45, 2.75) is 52.0 Å². The second-order valence-electron chi connectivity index (χ2n) is 11.8. The van der Waals surface area contributed by atoms with Gasteiger partial charge in [0, 0.05) is 62.9 Å². The Balaban J connectivity index is 1.28. The van der Waals surface area contributed by atoms with Gasteiger partial charge in [-0.3, -0.25) is 14.6 Å². The second-order valence-corrected chi connectivity index (χ2v) is 12.2. The maximum atomic E-state index is 12.7. The number of rotatable bonds is 8. The number of methoxy groups -OCH3 is 1. The lowest BCUT2D eigenvalue weighted by Crippen LogP contribution is -2.50. The minimum Gasteiger partial charge on any atom is -0.497 e. The van der Waals surface area contributed by atoms with Crippen molar-refractivity contribution in [3.05, 3.63) is 82.3 Å². The van der Waals surface area contributed by atoms with Gasteiger partial charge in [0.05, 0.1) is 37.1 Å². The first-order valence-electron chi connectivity index (χ1n) is 14.9. The first-order chi connectivity index (χ1) is 21.2. The van der Waals surface area contributed by atoms with E-state index in [0.717, 1.165) is 58.8 Å². The number of aryl methyl sites for hydroxylation is 1. The van der Waals surface area contributed by atoms with Gasteiger partial charge in [-0.1, -0.05) is 23.7 Å². The molecule has 1 unspecified atom stereocenters. The zero-order valence-electron chi connectivity index (χ0n) is 25.5. The number of ether oxygens (including phenoxy) is 2. The molecule has 4 heterocycles. The fraction of sp³-hybridized carbons (Fsp3) is 0.394. The monoisotopic (exact) mass is 616 g/mol. The topological polar surface area (TPSA) is 92.5 Å². The van der Waals surface area contributed by atoms with Crippen molar-refractivity contribution in [1.29, 1.82) is 0 Å². The molecule has 11 heteroatoms. The number of hydrogen-bond acceptors (Lipinski definition) is 7. The summed E-state index contributed by atoms with van der Waals surface area (Å²) in [5, 5.41) is 5.05. The van der Waals surface area contributed by atoms with Crippen LogP contribution in [0.15, 0.2) is 55.0 Å². The van der Waals surface area contributed by atoms with Crippen molar-refractivity contribution in [1.82, 2.24) is 29.3 Å². The Kier molecular flexibility index (Phi) is 8.57. The van der Waals surface area contributed by atoms with Crippen LogP contribution in [0.2, 0.25) is 5.02 Å². The van der Waals surface area contributed by atoms with Crippen LogP contribution in [-0.4, -0.2) is 87.2 Å². The van der Waals surface area contributed by atoms with E-state index in [1.165, 1.54) is 16.8 Å². The highest BCUT2D eigenvalue weighted by molar-refractivity contribution is 6.31. The average Bonchev–Trinajstić information content (AvgIpc) is 3.42. The minimum atomic E-state index is -0.293. The van der Waals surface area contributed by atoms with Crippen molar-refractivity contribution in [2.24, 2.45) is 0 Å². The molecule has 44 heavy (non-hydrogen) atoms. The Bertz CT molecular complexity index is 1690. The zero-order valence-corrected chi connectivity index (χ0v) is 26.3. The molecule has 0 bridgehead atoms. The Morgan fingerprint density at radius 1 is 1.07 bits per heavy atom. The number of carbonyl (C=O) groups excluding carboxylic acids is 2. The van der Waals surface area contributed by atoms with E-state index in [-0.39, 0.29) is 30.7 Å². The molecule has 2 saturated heterocycles. The van der Waals surface area contributed by atoms with Gasteiger partial charge >= 0.3 is 6.03 Å². The van der Waals surface area contributed by atoms with Crippen LogP contribution < -0.4 is 4.74 Å². The molecule has 3 amide bonds. The number of hydrogen-bond donors (Lipinski definition) is 0. The molecule has 4 aromatic rings. The second kappa shape index (κ2) is 12.6. The molecule has 230 valence electrons. The predicted molar refractivity (Wildman–Crippen MR) is 168 cm³/mol. The number of carbonyl (C=O) groups is 2. The molecular weight excluding hydrogens is 580 g/mol. The molecule has 10 nitrogen and oxygen atoms in total. The van der Waals surface area contributed by atoms with Crippen molar-refractivity contribution >= 4 is 29.1 Å². The highest BCUT2D eigenvalue weighted by atomic mass is 35.5. The molecule has 2 fully saturated rings. The third-order valence-electron chi connectivity index (χ3n) is 8.41. The summed E-state index contributed by atoms with van der Waals surface area (Å²) >= 11 is 6.62. The lowest BCUT2D eigenvalue weighted by molar-refractivity contribution is -0.131. The molecule has 0 radical (unpaired) electrons. The number of fused-ring (bicyclic) bond motifs is 1. The maximum Gasteiger partial charge on any atom is 0.326 e. The molecule has 2 aromatic carbocycles. The molecule has 2 atom stereocenters. The highest BCUT2D eigenvalue weighted by Crippen LogP contribution is 2.34. The number of urea groups is 1. The highest BCUT2D eigenvalue weighted by Gasteiger charge is 2.31. The molecule has 0 spiro atoms. The first kappa shape index (κ1) is 30.1. The molecule has 0 saturated carbocycles. The molecule has 2 aliphatic heterocycles. The third kappa shape index (κ3) is 6.29. The van der Waals surface area contributed by atoms with Crippen LogP contribution in [0.3, 0.4) is 0 Å². The smallest absolute Gasteiger partial charge is 0.326 e. The van der Waals surface area contributed by atoms with Gasteiger partial charge in [0.2, 0.25) is 5.91 Å². The molecule has 6 rings (SSSR count). The van der Waals surface area contributed by atoms with E-state index in [4.69, 9.17) is 26.1 Å². The minimum absolute atomic E-state index is 0.0241. The van der Waals surface area contributed by atoms with Crippen molar-refractivity contribution < 1.29 is 19.1 Å². The summed E-state index contributed by atoms with van der Waals surface area (Å²) in [5.74, 6) is 0.674. The fourth-order valence-electron chi connectivity index (χ4n) is 6.28. The van der Waals surface area contributed by atoms with Gasteiger partial charge in [-0.15, -0.1) is 0 Å². The summed E-state index contributed by atoms with van der Waals surface area (Å²) < 4.78 is 13.5. The lowest BCUT2D eigenvalue weighted by Gasteiger charge is -2.37. The van der Waals surface area contributed by atoms with Gasteiger partial charge in [0.15, 0.2) is 0 Å². The summed E-state index contributed by atoms with van der Waals surface area (Å²) in [6, 6.07) is 13.8. The number of halogens is 1. The van der Waals surface area contributed by atoms with Crippen LogP contribution in [0, 0.1) is 6.92 Å². The molecule has 2 aliphatic rings. The summed E-state index contributed by atoms with van der Waals surface area (Å²) in [5.41, 5.74) is 6.63. The van der Waals surface area contributed by atoms with Crippen molar-refractivity contribution in [3.8, 4) is 17.0 Å². The van der Waals surface area contributed by atoms with Crippen LogP contribution in [0.5, 0.6) is 5.75 Å². The largest absolute Gasteiger partial charge is 0.497 e. The Morgan fingerprint density at radius 3 is 2.64 bits per heavy atom. The number of nitrogens with zero attached hydrogens (tertiary/aromatic N) is 6. The number of imide groups is 1. The lowest BCUT2D eigenvalue weighted by atomic mass is 9.93. The normalized spacial score (nSPS) is 19.7. The predicted octanol–water partition coefficient (Wildman–Crippen LogP) is 4.98. The van der Waals surface area contributed by atoms with Crippen molar-refractivity contribution in [3.63, 3.8) is 0 Å². The van der Waals surface area contributed by atoms with E-state index in [9.17, 15) is 9.59 Å². The van der Waals surface area contributed by atoms with E-state index < -0.39 is 0 Å². The van der Waals surface area contributed by atoms with Gasteiger partial charge in [0.1, 0.15) is 12.1 Å².